The molecular formula is C14H14N6O. The van der Waals surface area contributed by atoms with E-state index in [9.17, 15) is 0 Å². The Bertz CT molecular complexity index is 793. The summed E-state index contributed by atoms with van der Waals surface area (Å²) in [6.07, 6.45) is 5.24. The summed E-state index contributed by atoms with van der Waals surface area (Å²) in [6.45, 7) is 0. The Kier molecular flexibility index (Phi) is 3.15. The van der Waals surface area contributed by atoms with Gasteiger partial charge in [-0.25, -0.2) is 9.50 Å². The lowest BCUT2D eigenvalue weighted by Gasteiger charge is -2.19. The number of anilines is 2. The maximum absolute atomic E-state index is 8.67. The van der Waals surface area contributed by atoms with Gasteiger partial charge < -0.3 is 15.8 Å². The Balaban J connectivity index is 1.98. The molecule has 3 N–H and O–H groups in total. The minimum atomic E-state index is 0.0835. The topological polar surface area (TPSA) is 92.0 Å². The number of rotatable bonds is 3. The molecule has 2 aromatic heterocycles. The molecule has 2 heterocycles. The van der Waals surface area contributed by atoms with Crippen LogP contribution in [0.1, 0.15) is 5.56 Å². The second kappa shape index (κ2) is 5.12. The molecule has 1 aromatic carbocycles. The van der Waals surface area contributed by atoms with Gasteiger partial charge in [-0.05, 0) is 30.3 Å². The van der Waals surface area contributed by atoms with Crippen molar-refractivity contribution in [1.29, 1.82) is 0 Å². The quantitative estimate of drug-likeness (QED) is 0.329. The average Bonchev–Trinajstić information content (AvgIpc) is 3.02. The lowest BCUT2D eigenvalue weighted by Crippen LogP contribution is -2.15. The molecule has 0 unspecified atom stereocenters. The minimum absolute atomic E-state index is 0.0835. The van der Waals surface area contributed by atoms with Gasteiger partial charge in [-0.3, -0.25) is 0 Å². The molecule has 0 spiro atoms. The first-order valence-corrected chi connectivity index (χ1v) is 6.31. The van der Waals surface area contributed by atoms with Crippen molar-refractivity contribution in [3.05, 3.63) is 54.5 Å². The lowest BCUT2D eigenvalue weighted by atomic mass is 10.2. The third-order valence-electron chi connectivity index (χ3n) is 3.28. The molecule has 0 bridgehead atoms. The summed E-state index contributed by atoms with van der Waals surface area (Å²) >= 11 is 0. The van der Waals surface area contributed by atoms with Crippen LogP contribution in [0.5, 0.6) is 0 Å². The third kappa shape index (κ3) is 2.25. The maximum Gasteiger partial charge on any atom is 0.170 e. The predicted molar refractivity (Wildman–Crippen MR) is 80.0 cm³/mol. The summed E-state index contributed by atoms with van der Waals surface area (Å²) < 4.78 is 1.77. The van der Waals surface area contributed by atoms with E-state index in [0.717, 1.165) is 17.0 Å². The Morgan fingerprint density at radius 3 is 2.71 bits per heavy atom. The standard InChI is InChI=1S/C14H14N6O/c1-19(11-4-2-10(3-5-11)13(15)18-21)14-12-6-7-17-20(12)9-8-16-14/h2-9,21H,1H3,(H2,15,18). The van der Waals surface area contributed by atoms with Crippen LogP contribution < -0.4 is 10.6 Å². The van der Waals surface area contributed by atoms with Crippen LogP contribution in [0.3, 0.4) is 0 Å². The number of nitrogens with two attached hydrogens (primary N) is 1. The molecule has 7 heteroatoms. The van der Waals surface area contributed by atoms with Crippen LogP contribution in [-0.2, 0) is 0 Å². The smallest absolute Gasteiger partial charge is 0.170 e. The lowest BCUT2D eigenvalue weighted by molar-refractivity contribution is 0.318. The van der Waals surface area contributed by atoms with Crippen molar-refractivity contribution in [3.8, 4) is 0 Å². The fourth-order valence-electron chi connectivity index (χ4n) is 2.14. The predicted octanol–water partition coefficient (Wildman–Crippen LogP) is 1.59. The van der Waals surface area contributed by atoms with Gasteiger partial charge in [-0.2, -0.15) is 5.10 Å². The minimum Gasteiger partial charge on any atom is -0.409 e. The number of benzene rings is 1. The third-order valence-corrected chi connectivity index (χ3v) is 3.28. The van der Waals surface area contributed by atoms with E-state index in [2.05, 4.69) is 15.2 Å². The van der Waals surface area contributed by atoms with Crippen molar-refractivity contribution in [3.63, 3.8) is 0 Å². The van der Waals surface area contributed by atoms with Gasteiger partial charge in [0.25, 0.3) is 0 Å². The van der Waals surface area contributed by atoms with Gasteiger partial charge in [-0.15, -0.1) is 0 Å². The molecule has 3 aromatic rings. The van der Waals surface area contributed by atoms with Crippen LogP contribution in [0.4, 0.5) is 11.5 Å². The summed E-state index contributed by atoms with van der Waals surface area (Å²) in [5.41, 5.74) is 8.07. The summed E-state index contributed by atoms with van der Waals surface area (Å²) in [4.78, 5) is 6.36. The van der Waals surface area contributed by atoms with Crippen molar-refractivity contribution in [2.24, 2.45) is 10.9 Å². The van der Waals surface area contributed by atoms with Crippen molar-refractivity contribution in [1.82, 2.24) is 14.6 Å². The van der Waals surface area contributed by atoms with E-state index in [1.807, 2.05) is 30.1 Å². The molecule has 0 amide bonds. The Morgan fingerprint density at radius 1 is 1.24 bits per heavy atom. The van der Waals surface area contributed by atoms with Crippen LogP contribution >= 0.6 is 0 Å². The van der Waals surface area contributed by atoms with Crippen molar-refractivity contribution in [2.75, 3.05) is 11.9 Å². The molecule has 0 aliphatic heterocycles. The van der Waals surface area contributed by atoms with Gasteiger partial charge in [0, 0.05) is 30.7 Å². The Hall–Kier alpha value is -3.09. The van der Waals surface area contributed by atoms with Crippen LogP contribution in [-0.4, -0.2) is 32.7 Å². The maximum atomic E-state index is 8.67. The van der Waals surface area contributed by atoms with E-state index in [1.165, 1.54) is 0 Å². The number of nitrogens with zero attached hydrogens (tertiary/aromatic N) is 5. The van der Waals surface area contributed by atoms with E-state index >= 15 is 0 Å². The van der Waals surface area contributed by atoms with E-state index in [4.69, 9.17) is 10.9 Å². The largest absolute Gasteiger partial charge is 0.409 e. The Morgan fingerprint density at radius 2 is 2.00 bits per heavy atom. The molecule has 21 heavy (non-hydrogen) atoms. The van der Waals surface area contributed by atoms with E-state index in [0.29, 0.717) is 5.56 Å². The highest BCUT2D eigenvalue weighted by Gasteiger charge is 2.10. The molecule has 0 saturated heterocycles. The molecule has 7 nitrogen and oxygen atoms in total. The Labute approximate surface area is 120 Å². The normalized spacial score (nSPS) is 11.8. The summed E-state index contributed by atoms with van der Waals surface area (Å²) in [7, 11) is 1.92. The van der Waals surface area contributed by atoms with Crippen molar-refractivity contribution >= 4 is 22.9 Å². The number of oxime groups is 1. The second-order valence-electron chi connectivity index (χ2n) is 4.50. The van der Waals surface area contributed by atoms with Crippen LogP contribution in [0.2, 0.25) is 0 Å². The first-order chi connectivity index (χ1) is 10.2. The first kappa shape index (κ1) is 12.9. The molecule has 0 aliphatic rings. The van der Waals surface area contributed by atoms with Gasteiger partial charge >= 0.3 is 0 Å². The zero-order valence-electron chi connectivity index (χ0n) is 11.4. The van der Waals surface area contributed by atoms with Gasteiger partial charge in [-0.1, -0.05) is 5.16 Å². The van der Waals surface area contributed by atoms with Gasteiger partial charge in [0.1, 0.15) is 5.52 Å². The average molecular weight is 282 g/mol. The molecule has 106 valence electrons. The monoisotopic (exact) mass is 282 g/mol. The molecular weight excluding hydrogens is 268 g/mol. The van der Waals surface area contributed by atoms with Gasteiger partial charge in [0.15, 0.2) is 11.7 Å². The van der Waals surface area contributed by atoms with Gasteiger partial charge in [0.2, 0.25) is 0 Å². The zero-order valence-corrected chi connectivity index (χ0v) is 11.4. The number of aromatic nitrogens is 3. The highest BCUT2D eigenvalue weighted by Crippen LogP contribution is 2.25. The summed E-state index contributed by atoms with van der Waals surface area (Å²) in [5.74, 6) is 0.881. The molecule has 0 fully saturated rings. The highest BCUT2D eigenvalue weighted by atomic mass is 16.4. The molecule has 0 aliphatic carbocycles. The second-order valence-corrected chi connectivity index (χ2v) is 4.50. The van der Waals surface area contributed by atoms with E-state index < -0.39 is 0 Å². The molecule has 0 saturated carbocycles. The SMILES string of the molecule is CN(c1ccc(/C(N)=N/O)cc1)c1nccn2nccc12. The summed E-state index contributed by atoms with van der Waals surface area (Å²) in [5, 5.41) is 15.8. The van der Waals surface area contributed by atoms with Gasteiger partial charge in [0.05, 0.1) is 6.20 Å². The van der Waals surface area contributed by atoms with Crippen LogP contribution in [0.25, 0.3) is 5.52 Å². The number of hydrogen-bond donors (Lipinski definition) is 2. The number of amidine groups is 1. The fraction of sp³-hybridized carbons (Fsp3) is 0.0714. The van der Waals surface area contributed by atoms with E-state index in [-0.39, 0.29) is 5.84 Å². The number of fused-ring (bicyclic) bond motifs is 1. The number of hydrogen-bond acceptors (Lipinski definition) is 5. The van der Waals surface area contributed by atoms with Crippen LogP contribution in [0.15, 0.2) is 54.1 Å². The summed E-state index contributed by atoms with van der Waals surface area (Å²) in [6, 6.07) is 9.25. The fourth-order valence-corrected chi connectivity index (χ4v) is 2.14. The first-order valence-electron chi connectivity index (χ1n) is 6.31. The van der Waals surface area contributed by atoms with Crippen molar-refractivity contribution < 1.29 is 5.21 Å². The van der Waals surface area contributed by atoms with E-state index in [1.54, 1.807) is 35.2 Å². The molecule has 0 radical (unpaired) electrons. The molecule has 0 atom stereocenters. The van der Waals surface area contributed by atoms with Crippen LogP contribution in [0, 0.1) is 0 Å². The molecule has 3 rings (SSSR count). The zero-order chi connectivity index (χ0) is 14.8. The highest BCUT2D eigenvalue weighted by molar-refractivity contribution is 5.97. The van der Waals surface area contributed by atoms with Crippen molar-refractivity contribution in [2.45, 2.75) is 0 Å².